The van der Waals surface area contributed by atoms with Gasteiger partial charge in [0.05, 0.1) is 0 Å². The summed E-state index contributed by atoms with van der Waals surface area (Å²) in [6, 6.07) is 16.0. The number of hydrogen-bond acceptors (Lipinski definition) is 1. The lowest BCUT2D eigenvalue weighted by molar-refractivity contribution is -0.109. The number of benzene rings is 2. The van der Waals surface area contributed by atoms with E-state index in [0.717, 1.165) is 18.3 Å². The Morgan fingerprint density at radius 3 is 2.00 bits per heavy atom. The minimum absolute atomic E-state index is 0.114. The van der Waals surface area contributed by atoms with Crippen LogP contribution in [-0.2, 0) is 11.2 Å². The zero-order chi connectivity index (χ0) is 14.5. The van der Waals surface area contributed by atoms with Crippen molar-refractivity contribution in [3.05, 3.63) is 70.2 Å². The van der Waals surface area contributed by atoms with Crippen molar-refractivity contribution >= 4 is 17.9 Å². The predicted octanol–water partition coefficient (Wildman–Crippen LogP) is 4.99. The molecule has 0 aromatic heterocycles. The molecule has 0 aliphatic carbocycles. The molecule has 2 aromatic carbocycles. The van der Waals surface area contributed by atoms with Gasteiger partial charge in [-0.3, -0.25) is 0 Å². The van der Waals surface area contributed by atoms with Crippen molar-refractivity contribution in [1.82, 2.24) is 0 Å². The van der Waals surface area contributed by atoms with Crippen LogP contribution < -0.4 is 0 Å². The lowest BCUT2D eigenvalue weighted by Gasteiger charge is -2.12. The normalized spacial score (nSPS) is 12.4. The summed E-state index contributed by atoms with van der Waals surface area (Å²) < 4.78 is 0. The van der Waals surface area contributed by atoms with E-state index in [1.54, 1.807) is 0 Å². The van der Waals surface area contributed by atoms with Crippen molar-refractivity contribution in [2.24, 2.45) is 0 Å². The smallest absolute Gasteiger partial charge is 0.127 e. The minimum Gasteiger partial charge on any atom is -0.303 e. The zero-order valence-corrected chi connectivity index (χ0v) is 12.6. The molecule has 0 bridgehead atoms. The number of halogens is 1. The van der Waals surface area contributed by atoms with E-state index in [0.29, 0.717) is 10.9 Å². The van der Waals surface area contributed by atoms with Gasteiger partial charge in [-0.2, -0.15) is 0 Å². The molecule has 1 atom stereocenters. The monoisotopic (exact) mass is 286 g/mol. The molecule has 0 fully saturated rings. The first kappa shape index (κ1) is 14.8. The quantitative estimate of drug-likeness (QED) is 0.708. The van der Waals surface area contributed by atoms with Gasteiger partial charge in [-0.25, -0.2) is 0 Å². The summed E-state index contributed by atoms with van der Waals surface area (Å²) in [6.45, 7) is 4.36. The van der Waals surface area contributed by atoms with Crippen LogP contribution in [0.4, 0.5) is 0 Å². The highest BCUT2D eigenvalue weighted by Gasteiger charge is 2.11. The van der Waals surface area contributed by atoms with E-state index in [1.807, 2.05) is 24.3 Å². The fourth-order valence-electron chi connectivity index (χ4n) is 2.25. The molecular formula is C18H19ClO. The molecule has 0 aliphatic rings. The van der Waals surface area contributed by atoms with Gasteiger partial charge in [0.25, 0.3) is 0 Å². The van der Waals surface area contributed by atoms with Crippen molar-refractivity contribution in [3.63, 3.8) is 0 Å². The number of hydrogen-bond donors (Lipinski definition) is 0. The van der Waals surface area contributed by atoms with E-state index in [9.17, 15) is 4.79 Å². The summed E-state index contributed by atoms with van der Waals surface area (Å²) in [5, 5.41) is 0.694. The van der Waals surface area contributed by atoms with Crippen molar-refractivity contribution in [3.8, 4) is 0 Å². The topological polar surface area (TPSA) is 17.1 Å². The van der Waals surface area contributed by atoms with Crippen LogP contribution in [0.3, 0.4) is 0 Å². The lowest BCUT2D eigenvalue weighted by Crippen LogP contribution is -2.04. The van der Waals surface area contributed by atoms with Gasteiger partial charge in [-0.05, 0) is 41.2 Å². The van der Waals surface area contributed by atoms with Gasteiger partial charge in [0.2, 0.25) is 0 Å². The molecule has 0 spiro atoms. The van der Waals surface area contributed by atoms with Gasteiger partial charge in [-0.1, -0.05) is 61.8 Å². The average molecular weight is 287 g/mol. The molecule has 1 unspecified atom stereocenters. The number of carbonyl (C=O) groups is 1. The molecule has 0 heterocycles. The van der Waals surface area contributed by atoms with E-state index in [4.69, 9.17) is 11.6 Å². The van der Waals surface area contributed by atoms with Crippen molar-refractivity contribution in [1.29, 1.82) is 0 Å². The fourth-order valence-corrected chi connectivity index (χ4v) is 2.37. The molecule has 0 aliphatic heterocycles. The molecule has 2 aromatic rings. The average Bonchev–Trinajstić information content (AvgIpc) is 2.46. The molecule has 2 rings (SSSR count). The number of carbonyl (C=O) groups excluding carboxylic acids is 1. The van der Waals surface area contributed by atoms with Crippen LogP contribution in [0.1, 0.15) is 42.4 Å². The van der Waals surface area contributed by atoms with Crippen molar-refractivity contribution < 1.29 is 4.79 Å². The maximum atomic E-state index is 11.3. The Balaban J connectivity index is 2.13. The van der Waals surface area contributed by atoms with Crippen LogP contribution in [-0.4, -0.2) is 6.29 Å². The molecule has 0 radical (unpaired) electrons. The highest BCUT2D eigenvalue weighted by molar-refractivity contribution is 6.30. The predicted molar refractivity (Wildman–Crippen MR) is 84.5 cm³/mol. The maximum absolute atomic E-state index is 11.3. The Bertz CT molecular complexity index is 555. The Morgan fingerprint density at radius 1 is 0.950 bits per heavy atom. The van der Waals surface area contributed by atoms with E-state index in [1.165, 1.54) is 11.1 Å². The standard InChI is InChI=1S/C18H19ClO/c1-13(2)15-5-3-14(4-6-15)11-17(12-20)16-7-9-18(19)10-8-16/h3-10,12-13,17H,11H2,1-2H3. The maximum Gasteiger partial charge on any atom is 0.127 e. The molecule has 0 N–H and O–H groups in total. The zero-order valence-electron chi connectivity index (χ0n) is 11.8. The Labute approximate surface area is 125 Å². The Morgan fingerprint density at radius 2 is 1.50 bits per heavy atom. The van der Waals surface area contributed by atoms with E-state index in [2.05, 4.69) is 38.1 Å². The molecular weight excluding hydrogens is 268 g/mol. The second kappa shape index (κ2) is 6.71. The van der Waals surface area contributed by atoms with Crippen LogP contribution in [0.5, 0.6) is 0 Å². The fraction of sp³-hybridized carbons (Fsp3) is 0.278. The van der Waals surface area contributed by atoms with Crippen molar-refractivity contribution in [2.45, 2.75) is 32.1 Å². The molecule has 0 amide bonds. The van der Waals surface area contributed by atoms with E-state index >= 15 is 0 Å². The lowest BCUT2D eigenvalue weighted by atomic mass is 9.92. The molecule has 20 heavy (non-hydrogen) atoms. The van der Waals surface area contributed by atoms with Crippen LogP contribution in [0.25, 0.3) is 0 Å². The van der Waals surface area contributed by atoms with Crippen LogP contribution in [0, 0.1) is 0 Å². The van der Waals surface area contributed by atoms with Crippen LogP contribution >= 0.6 is 11.6 Å². The second-order valence-corrected chi connectivity index (χ2v) is 5.83. The highest BCUT2D eigenvalue weighted by Crippen LogP contribution is 2.22. The summed E-state index contributed by atoms with van der Waals surface area (Å²) in [5.41, 5.74) is 3.52. The minimum atomic E-state index is -0.114. The molecule has 104 valence electrons. The van der Waals surface area contributed by atoms with Crippen molar-refractivity contribution in [2.75, 3.05) is 0 Å². The SMILES string of the molecule is CC(C)c1ccc(CC(C=O)c2ccc(Cl)cc2)cc1. The van der Waals surface area contributed by atoms with Crippen LogP contribution in [0.15, 0.2) is 48.5 Å². The van der Waals surface area contributed by atoms with E-state index in [-0.39, 0.29) is 5.92 Å². The van der Waals surface area contributed by atoms with Crippen LogP contribution in [0.2, 0.25) is 5.02 Å². The first-order chi connectivity index (χ1) is 9.60. The third-order valence-corrected chi connectivity index (χ3v) is 3.82. The number of rotatable bonds is 5. The first-order valence-corrected chi connectivity index (χ1v) is 7.27. The van der Waals surface area contributed by atoms with Gasteiger partial charge < -0.3 is 4.79 Å². The largest absolute Gasteiger partial charge is 0.303 e. The van der Waals surface area contributed by atoms with Gasteiger partial charge in [0.15, 0.2) is 0 Å². The number of aldehydes is 1. The summed E-state index contributed by atoms with van der Waals surface area (Å²) in [7, 11) is 0. The Hall–Kier alpha value is -1.60. The third kappa shape index (κ3) is 3.71. The van der Waals surface area contributed by atoms with E-state index < -0.39 is 0 Å². The summed E-state index contributed by atoms with van der Waals surface area (Å²) in [4.78, 5) is 11.3. The molecule has 0 saturated heterocycles. The van der Waals surface area contributed by atoms with Gasteiger partial charge in [-0.15, -0.1) is 0 Å². The summed E-state index contributed by atoms with van der Waals surface area (Å²) >= 11 is 5.88. The van der Waals surface area contributed by atoms with Gasteiger partial charge in [0.1, 0.15) is 6.29 Å². The summed E-state index contributed by atoms with van der Waals surface area (Å²) in [5.74, 6) is 0.416. The Kier molecular flexibility index (Phi) is 4.97. The van der Waals surface area contributed by atoms with Gasteiger partial charge in [0, 0.05) is 10.9 Å². The molecule has 2 heteroatoms. The molecule has 0 saturated carbocycles. The van der Waals surface area contributed by atoms with Gasteiger partial charge >= 0.3 is 0 Å². The third-order valence-electron chi connectivity index (χ3n) is 3.56. The second-order valence-electron chi connectivity index (χ2n) is 5.39. The first-order valence-electron chi connectivity index (χ1n) is 6.89. The summed E-state index contributed by atoms with van der Waals surface area (Å²) in [6.07, 6.45) is 1.74. The molecule has 1 nitrogen and oxygen atoms in total. The highest BCUT2D eigenvalue weighted by atomic mass is 35.5.